The highest BCUT2D eigenvalue weighted by Crippen LogP contribution is 2.63. The highest BCUT2D eigenvalue weighted by atomic mass is 31.3. The largest absolute Gasteiger partial charge is 0.756 e. The summed E-state index contributed by atoms with van der Waals surface area (Å²) in [4.78, 5) is 199. The fourth-order valence-electron chi connectivity index (χ4n) is 6.85. The molecule has 0 radical (unpaired) electrons. The predicted octanol–water partition coefficient (Wildman–Crippen LogP) is -10.5. The van der Waals surface area contributed by atoms with Gasteiger partial charge in [0, 0.05) is 49.5 Å². The first-order chi connectivity index (χ1) is 40.4. The number of aryl methyl sites for hydroxylation is 1. The molecule has 506 valence electrons. The van der Waals surface area contributed by atoms with Gasteiger partial charge in [-0.1, -0.05) is 11.8 Å². The lowest BCUT2D eigenvalue weighted by Gasteiger charge is -2.33. The van der Waals surface area contributed by atoms with Gasteiger partial charge in [-0.2, -0.15) is 0 Å². The summed E-state index contributed by atoms with van der Waals surface area (Å²) in [5, 5.41) is 29.8. The summed E-state index contributed by atoms with van der Waals surface area (Å²) in [5.74, 6) is 4.84. The zero-order valence-corrected chi connectivity index (χ0v) is 51.3. The van der Waals surface area contributed by atoms with Crippen LogP contribution in [0.4, 0.5) is 0 Å². The summed E-state index contributed by atoms with van der Waals surface area (Å²) < 4.78 is 150. The van der Waals surface area contributed by atoms with Gasteiger partial charge in [0.25, 0.3) is 87.1 Å². The Morgan fingerprint density at radius 1 is 0.517 bits per heavy atom. The van der Waals surface area contributed by atoms with E-state index in [0.29, 0.717) is 0 Å². The Balaban J connectivity index is 0.000000286. The van der Waals surface area contributed by atoms with Crippen molar-refractivity contribution in [1.82, 2.24) is 28.7 Å². The van der Waals surface area contributed by atoms with E-state index in [1.165, 1.54) is 6.92 Å². The Morgan fingerprint density at radius 2 is 0.843 bits per heavy atom. The average Bonchev–Trinajstić information content (AvgIpc) is 3.06. The molecule has 6 rings (SSSR count). The number of phosphoric acid groups is 9. The number of aromatic amines is 3. The molecule has 3 aromatic heterocycles. The quantitative estimate of drug-likeness (QED) is 0.0294. The van der Waals surface area contributed by atoms with Crippen LogP contribution in [-0.4, -0.2) is 122 Å². The molecule has 0 aromatic carbocycles. The maximum atomic E-state index is 12.0. The first kappa shape index (κ1) is 78.0. The molecule has 89 heavy (non-hydrogen) atoms. The third kappa shape index (κ3) is 26.5. The molecule has 0 bridgehead atoms. The maximum Gasteiger partial charge on any atom is 0.330 e. The number of nitrogens with zero attached hydrogens (tertiary/aromatic N) is 3. The number of rotatable bonds is 24. The van der Waals surface area contributed by atoms with Crippen LogP contribution < -0.4 is 83.5 Å². The van der Waals surface area contributed by atoms with Gasteiger partial charge in [-0.3, -0.25) is 84.1 Å². The Hall–Kier alpha value is -3.45. The highest BCUT2D eigenvalue weighted by molar-refractivity contribution is 7.66. The molecule has 18 atom stereocenters. The van der Waals surface area contributed by atoms with Crippen LogP contribution in [0.1, 0.15) is 49.1 Å². The first-order valence-electron chi connectivity index (χ1n) is 22.8. The molecule has 12 unspecified atom stereocenters. The van der Waals surface area contributed by atoms with Crippen LogP contribution in [0.5, 0.6) is 0 Å². The normalized spacial score (nSPS) is 27.9. The zero-order valence-electron chi connectivity index (χ0n) is 43.3. The van der Waals surface area contributed by atoms with E-state index < -0.39 is 179 Å². The smallest absolute Gasteiger partial charge is 0.330 e. The van der Waals surface area contributed by atoms with Crippen molar-refractivity contribution in [2.45, 2.75) is 81.5 Å². The Bertz CT molecular complexity index is 3930. The fraction of sp³-hybridized carbons (Fsp3) is 0.548. The second-order valence-electron chi connectivity index (χ2n) is 17.0. The fourth-order valence-corrected chi connectivity index (χ4v) is 15.5. The monoisotopic (exact) mass is 1460 g/mol. The molecule has 6 heterocycles. The molecule has 3 saturated heterocycles. The van der Waals surface area contributed by atoms with Crippen molar-refractivity contribution in [2.75, 3.05) is 26.4 Å². The minimum Gasteiger partial charge on any atom is -0.756 e. The second kappa shape index (κ2) is 30.7. The number of hydrogen-bond acceptors (Lipinski definition) is 40. The minimum atomic E-state index is -6.08. The van der Waals surface area contributed by atoms with Gasteiger partial charge in [0.05, 0.1) is 44.7 Å². The standard InChI is InChI=1S/C12H18N3O14P3.C10H17N2O14P3.C9H15N2O14P3/c13-3-1-2-7-5-15(12(18)14-11(7)17)10-4-8(16)9(27-10)6-26-31(22,23)29-32(24,25)28-30(19,20)21;1-5-3-12(10(15)11-9(5)14)8-2-6(13)7(24-8)4-23-28(19,20)26-29(21,22)25-27(16,17)18;12-5-3-8(11-2-1-7(13)10-9(11)14)23-6(5)4-22-27(18,19)25-28(20,21)24-26(15,16)17/h5,8-10,16H,3-4,6,13H2,(H,22,23)(H,24,25)(H,14,17,18)(H2,19,20,21);3,6-8,13H,2,4H2,1H3,(H,19,20)(H,21,22)(H,11,14,15)(H2,16,17,18);1-2,5-6,8,12H,3-4H2,(H,18,19)(H,20,21)(H,10,13,14)(H2,15,16,17)/p-9/t8?,9-,10-;6?,7-,8-;5?,6-,8-/m111/s1. The van der Waals surface area contributed by atoms with Gasteiger partial charge in [-0.25, -0.2) is 40.2 Å². The molecule has 3 fully saturated rings. The summed E-state index contributed by atoms with van der Waals surface area (Å²) in [6.45, 7) is -1.65. The molecule has 49 nitrogen and oxygen atoms in total. The van der Waals surface area contributed by atoms with Crippen molar-refractivity contribution < 1.29 is 169 Å². The van der Waals surface area contributed by atoms with Crippen molar-refractivity contribution in [3.63, 3.8) is 0 Å². The van der Waals surface area contributed by atoms with Crippen molar-refractivity contribution in [1.29, 1.82) is 0 Å². The number of nitrogens with two attached hydrogens (primary N) is 1. The van der Waals surface area contributed by atoms with Crippen LogP contribution >= 0.6 is 70.4 Å². The van der Waals surface area contributed by atoms with Gasteiger partial charge in [-0.15, -0.1) is 0 Å². The number of aliphatic hydroxyl groups is 3. The number of phosphoric ester groups is 3. The third-order valence-electron chi connectivity index (χ3n) is 10.2. The third-order valence-corrected chi connectivity index (χ3v) is 21.3. The van der Waals surface area contributed by atoms with Crippen molar-refractivity contribution in [3.05, 3.63) is 98.3 Å². The van der Waals surface area contributed by atoms with E-state index in [-0.39, 0.29) is 36.9 Å². The zero-order chi connectivity index (χ0) is 67.8. The molecule has 0 saturated carbocycles. The van der Waals surface area contributed by atoms with Crippen molar-refractivity contribution in [2.24, 2.45) is 5.73 Å². The van der Waals surface area contributed by atoms with E-state index in [9.17, 15) is 129 Å². The number of ether oxygens (including phenoxy) is 3. The summed E-state index contributed by atoms with van der Waals surface area (Å²) >= 11 is 0. The van der Waals surface area contributed by atoms with Gasteiger partial charge >= 0.3 is 17.1 Å². The van der Waals surface area contributed by atoms with Crippen molar-refractivity contribution in [3.8, 4) is 11.8 Å². The van der Waals surface area contributed by atoms with Crippen LogP contribution in [0.15, 0.2) is 53.4 Å². The minimum absolute atomic E-state index is 0.0695. The van der Waals surface area contributed by atoms with Crippen LogP contribution in [0, 0.1) is 18.8 Å². The van der Waals surface area contributed by atoms with Crippen molar-refractivity contribution >= 4 is 70.4 Å². The van der Waals surface area contributed by atoms with E-state index in [1.807, 2.05) is 15.0 Å². The van der Waals surface area contributed by atoms with E-state index in [0.717, 1.165) is 38.4 Å². The van der Waals surface area contributed by atoms with Gasteiger partial charge in [0.1, 0.15) is 42.6 Å². The number of hydrogen-bond donors (Lipinski definition) is 10. The highest BCUT2D eigenvalue weighted by Gasteiger charge is 2.40. The molecule has 0 spiro atoms. The molecule has 58 heteroatoms. The lowest BCUT2D eigenvalue weighted by molar-refractivity contribution is -0.254. The summed E-state index contributed by atoms with van der Waals surface area (Å²) in [5.41, 5.74) is 0.470. The van der Waals surface area contributed by atoms with E-state index in [4.69, 9.17) is 34.6 Å². The predicted molar refractivity (Wildman–Crippen MR) is 258 cm³/mol. The van der Waals surface area contributed by atoms with E-state index >= 15 is 0 Å². The van der Waals surface area contributed by atoms with Gasteiger partial charge in [0.15, 0.2) is 0 Å². The molecule has 0 aliphatic carbocycles. The molecular weight excluding hydrogens is 1420 g/mol. The topological polar surface area (TPSA) is 784 Å². The first-order valence-corrected chi connectivity index (χ1v) is 36.0. The summed E-state index contributed by atoms with van der Waals surface area (Å²) in [6, 6.07) is 1.00. The average molecular weight is 1460 g/mol. The SMILES string of the molecule is Cc1cn([C@H]2CC(O)[C@@H](COP(=O)([O-])OP(=O)([O-])OP(=O)([O-])O)O2)c(=O)[nH]c1=O.NCC#Cc1cn([C@H]2CC(O)[C@@H](COP(=O)([O-])OP(=O)([O-])OP(=O)([O-])O)O2)c(=O)[nH]c1=O.O=c1ccn([C@H]2CC(O)[C@@H](COP(=O)([O-])OP(=O)([O-])OP(=O)([O-])O)O2)c(=O)[nH]1. The molecule has 0 amide bonds. The number of H-pyrrole nitrogens is 3. The van der Waals surface area contributed by atoms with E-state index in [1.54, 1.807) is 0 Å². The van der Waals surface area contributed by atoms with Gasteiger partial charge < -0.3 is 108 Å². The Kier molecular flexibility index (Phi) is 26.9. The van der Waals surface area contributed by atoms with E-state index in [2.05, 4.69) is 51.3 Å². The Labute approximate surface area is 490 Å². The second-order valence-corrected chi connectivity index (χ2v) is 29.8. The summed E-state index contributed by atoms with van der Waals surface area (Å²) in [7, 11) is -53.0. The van der Waals surface area contributed by atoms with Gasteiger partial charge in [-0.05, 0) is 6.92 Å². The van der Waals surface area contributed by atoms with Crippen LogP contribution in [0.3, 0.4) is 0 Å². The molecule has 3 aromatic rings. The van der Waals surface area contributed by atoms with Crippen LogP contribution in [-0.2, 0) is 94.7 Å². The number of nitrogens with one attached hydrogen (secondary N) is 3. The lowest BCUT2D eigenvalue weighted by Crippen LogP contribution is -2.33. The van der Waals surface area contributed by atoms with Crippen LogP contribution in [0.25, 0.3) is 0 Å². The summed E-state index contributed by atoms with van der Waals surface area (Å²) in [6.07, 6.45) is -9.18. The number of aliphatic hydroxyl groups excluding tert-OH is 3. The number of aromatic nitrogens is 6. The maximum absolute atomic E-state index is 12.0. The van der Waals surface area contributed by atoms with Crippen LogP contribution in [0.2, 0.25) is 0 Å². The molecule has 3 aliphatic rings. The molecular formula is C31H41N7O42P9-9. The van der Waals surface area contributed by atoms with Gasteiger partial charge in [0.2, 0.25) is 0 Å². The molecule has 11 N–H and O–H groups in total. The Morgan fingerprint density at radius 3 is 1.18 bits per heavy atom. The molecule has 3 aliphatic heterocycles. The lowest BCUT2D eigenvalue weighted by atomic mass is 10.2.